The maximum Gasteiger partial charge on any atom is 0.340 e. The number of aryl methyl sites for hydroxylation is 1. The van der Waals surface area contributed by atoms with E-state index in [2.05, 4.69) is 5.32 Å². The van der Waals surface area contributed by atoms with E-state index in [4.69, 9.17) is 14.1 Å². The van der Waals surface area contributed by atoms with E-state index in [9.17, 15) is 4.79 Å². The number of fused-ring (bicyclic) bond motifs is 1. The summed E-state index contributed by atoms with van der Waals surface area (Å²) in [7, 11) is 1.39. The third-order valence-corrected chi connectivity index (χ3v) is 5.05. The van der Waals surface area contributed by atoms with E-state index >= 15 is 0 Å². The van der Waals surface area contributed by atoms with Crippen LogP contribution in [0.5, 0.6) is 0 Å². The van der Waals surface area contributed by atoms with Crippen LogP contribution in [-0.4, -0.2) is 18.1 Å². The molecule has 0 bridgehead atoms. The van der Waals surface area contributed by atoms with Gasteiger partial charge in [-0.3, -0.25) is 10.3 Å². The Morgan fingerprint density at radius 3 is 2.55 bits per heavy atom. The SMILES string of the molecule is COC(=O)c1c(CN[C@@H](c2ccccc2)c2ccco2)nc2ccccc2c1C. The molecule has 29 heavy (non-hydrogen) atoms. The first kappa shape index (κ1) is 18.9. The van der Waals surface area contributed by atoms with Crippen molar-refractivity contribution >= 4 is 16.9 Å². The Morgan fingerprint density at radius 2 is 1.83 bits per heavy atom. The number of hydrogen-bond donors (Lipinski definition) is 1. The van der Waals surface area contributed by atoms with Crippen LogP contribution in [0.3, 0.4) is 0 Å². The molecule has 2 aromatic heterocycles. The predicted octanol–water partition coefficient (Wildman–Crippen LogP) is 4.80. The van der Waals surface area contributed by atoms with Gasteiger partial charge >= 0.3 is 5.97 Å². The maximum absolute atomic E-state index is 12.5. The second-order valence-electron chi connectivity index (χ2n) is 6.81. The molecule has 0 saturated carbocycles. The topological polar surface area (TPSA) is 64.4 Å². The highest BCUT2D eigenvalue weighted by atomic mass is 16.5. The number of carbonyl (C=O) groups excluding carboxylic acids is 1. The van der Waals surface area contributed by atoms with Gasteiger partial charge in [-0.25, -0.2) is 4.79 Å². The molecule has 146 valence electrons. The Bertz CT molecular complexity index is 1120. The van der Waals surface area contributed by atoms with E-state index in [1.54, 1.807) is 6.26 Å². The minimum absolute atomic E-state index is 0.162. The smallest absolute Gasteiger partial charge is 0.340 e. The minimum atomic E-state index is -0.383. The molecule has 5 nitrogen and oxygen atoms in total. The number of furan rings is 1. The first-order chi connectivity index (χ1) is 14.2. The van der Waals surface area contributed by atoms with E-state index in [-0.39, 0.29) is 12.0 Å². The number of benzene rings is 2. The molecule has 0 aliphatic rings. The number of ether oxygens (including phenoxy) is 1. The fourth-order valence-corrected chi connectivity index (χ4v) is 3.62. The number of nitrogens with one attached hydrogen (secondary N) is 1. The van der Waals surface area contributed by atoms with Crippen molar-refractivity contribution in [3.8, 4) is 0 Å². The van der Waals surface area contributed by atoms with Gasteiger partial charge in [0.2, 0.25) is 0 Å². The second kappa shape index (κ2) is 8.29. The average Bonchev–Trinajstić information content (AvgIpc) is 3.29. The summed E-state index contributed by atoms with van der Waals surface area (Å²) in [6.07, 6.45) is 1.66. The minimum Gasteiger partial charge on any atom is -0.467 e. The van der Waals surface area contributed by atoms with Crippen molar-refractivity contribution in [2.75, 3.05) is 7.11 Å². The molecular weight excluding hydrogens is 364 g/mol. The summed E-state index contributed by atoms with van der Waals surface area (Å²) in [5.41, 5.74) is 3.95. The Hall–Kier alpha value is -3.44. The maximum atomic E-state index is 12.5. The molecule has 0 unspecified atom stereocenters. The molecule has 2 heterocycles. The van der Waals surface area contributed by atoms with Crippen molar-refractivity contribution in [1.82, 2.24) is 10.3 Å². The summed E-state index contributed by atoms with van der Waals surface area (Å²) < 4.78 is 10.7. The van der Waals surface area contributed by atoms with E-state index in [1.807, 2.05) is 73.7 Å². The number of methoxy groups -OCH3 is 1. The zero-order chi connectivity index (χ0) is 20.2. The third kappa shape index (κ3) is 3.77. The van der Waals surface area contributed by atoms with E-state index in [0.29, 0.717) is 17.8 Å². The third-order valence-electron chi connectivity index (χ3n) is 5.05. The van der Waals surface area contributed by atoms with E-state index < -0.39 is 0 Å². The fraction of sp³-hybridized carbons (Fsp3) is 0.167. The molecule has 0 amide bonds. The van der Waals surface area contributed by atoms with Gasteiger partial charge in [-0.15, -0.1) is 0 Å². The Balaban J connectivity index is 1.73. The number of nitrogens with zero attached hydrogens (tertiary/aromatic N) is 1. The highest BCUT2D eigenvalue weighted by Crippen LogP contribution is 2.26. The average molecular weight is 386 g/mol. The van der Waals surface area contributed by atoms with Crippen LogP contribution in [0.2, 0.25) is 0 Å². The molecular formula is C24H22N2O3. The van der Waals surface area contributed by atoms with Gasteiger partial charge in [-0.05, 0) is 36.2 Å². The quantitative estimate of drug-likeness (QED) is 0.482. The normalized spacial score (nSPS) is 12.1. The van der Waals surface area contributed by atoms with Crippen LogP contribution in [0.4, 0.5) is 0 Å². The first-order valence-electron chi connectivity index (χ1n) is 9.47. The van der Waals surface area contributed by atoms with Crippen LogP contribution in [0.15, 0.2) is 77.4 Å². The molecule has 5 heteroatoms. The number of aromatic nitrogens is 1. The molecule has 0 spiro atoms. The molecule has 4 rings (SSSR count). The monoisotopic (exact) mass is 386 g/mol. The number of esters is 1. The number of pyridine rings is 1. The van der Waals surface area contributed by atoms with Crippen molar-refractivity contribution in [3.05, 3.63) is 101 Å². The molecule has 2 aromatic carbocycles. The number of carbonyl (C=O) groups is 1. The van der Waals surface area contributed by atoms with E-state index in [1.165, 1.54) is 7.11 Å². The zero-order valence-corrected chi connectivity index (χ0v) is 16.4. The molecule has 0 saturated heterocycles. The van der Waals surface area contributed by atoms with Gasteiger partial charge in [0.05, 0.1) is 36.2 Å². The molecule has 1 N–H and O–H groups in total. The molecule has 0 aliphatic carbocycles. The second-order valence-corrected chi connectivity index (χ2v) is 6.81. The lowest BCUT2D eigenvalue weighted by molar-refractivity contribution is 0.0598. The van der Waals surface area contributed by atoms with Gasteiger partial charge in [0.15, 0.2) is 0 Å². The molecule has 0 fully saturated rings. The summed E-state index contributed by atoms with van der Waals surface area (Å²) in [6, 6.07) is 21.5. The van der Waals surface area contributed by atoms with Crippen molar-refractivity contribution in [1.29, 1.82) is 0 Å². The van der Waals surface area contributed by atoms with Crippen LogP contribution in [0, 0.1) is 6.92 Å². The molecule has 4 aromatic rings. The predicted molar refractivity (Wildman–Crippen MR) is 112 cm³/mol. The Labute approximate surface area is 169 Å². The Morgan fingerprint density at radius 1 is 1.07 bits per heavy atom. The van der Waals surface area contributed by atoms with Crippen LogP contribution in [0.25, 0.3) is 10.9 Å². The van der Waals surface area contributed by atoms with Gasteiger partial charge < -0.3 is 9.15 Å². The summed E-state index contributed by atoms with van der Waals surface area (Å²) in [5, 5.41) is 4.45. The molecule has 0 radical (unpaired) electrons. The van der Waals surface area contributed by atoms with Crippen molar-refractivity contribution in [2.24, 2.45) is 0 Å². The first-order valence-corrected chi connectivity index (χ1v) is 9.47. The highest BCUT2D eigenvalue weighted by Gasteiger charge is 2.22. The van der Waals surface area contributed by atoms with Crippen LogP contribution >= 0.6 is 0 Å². The largest absolute Gasteiger partial charge is 0.467 e. The van der Waals surface area contributed by atoms with Gasteiger partial charge in [-0.2, -0.15) is 0 Å². The standard InChI is InChI=1S/C24H22N2O3/c1-16-18-11-6-7-12-19(18)26-20(22(16)24(27)28-2)15-25-23(21-13-8-14-29-21)17-9-4-3-5-10-17/h3-14,23,25H,15H2,1-2H3/t23-/m0/s1. The van der Waals surface area contributed by atoms with Crippen LogP contribution in [0.1, 0.15) is 39.0 Å². The summed E-state index contributed by atoms with van der Waals surface area (Å²) >= 11 is 0. The van der Waals surface area contributed by atoms with Crippen LogP contribution < -0.4 is 5.32 Å². The lowest BCUT2D eigenvalue weighted by Gasteiger charge is -2.19. The summed E-state index contributed by atoms with van der Waals surface area (Å²) in [4.78, 5) is 17.3. The van der Waals surface area contributed by atoms with Crippen molar-refractivity contribution < 1.29 is 13.9 Å². The lowest BCUT2D eigenvalue weighted by atomic mass is 10.0. The number of rotatable bonds is 6. The number of para-hydroxylation sites is 1. The van der Waals surface area contributed by atoms with E-state index in [0.717, 1.165) is 27.8 Å². The van der Waals surface area contributed by atoms with Gasteiger partial charge in [-0.1, -0.05) is 48.5 Å². The van der Waals surface area contributed by atoms with Gasteiger partial charge in [0.1, 0.15) is 5.76 Å². The number of hydrogen-bond acceptors (Lipinski definition) is 5. The highest BCUT2D eigenvalue weighted by molar-refractivity contribution is 5.98. The summed E-state index contributed by atoms with van der Waals surface area (Å²) in [5.74, 6) is 0.417. The van der Waals surface area contributed by atoms with Gasteiger partial charge in [0, 0.05) is 11.9 Å². The van der Waals surface area contributed by atoms with Crippen molar-refractivity contribution in [3.63, 3.8) is 0 Å². The molecule has 0 aliphatic heterocycles. The fourth-order valence-electron chi connectivity index (χ4n) is 3.62. The lowest BCUT2D eigenvalue weighted by Crippen LogP contribution is -2.24. The van der Waals surface area contributed by atoms with Crippen LogP contribution in [-0.2, 0) is 11.3 Å². The Kier molecular flexibility index (Phi) is 5.40. The zero-order valence-electron chi connectivity index (χ0n) is 16.4. The summed E-state index contributed by atoms with van der Waals surface area (Å²) in [6.45, 7) is 2.32. The van der Waals surface area contributed by atoms with Crippen molar-refractivity contribution in [2.45, 2.75) is 19.5 Å². The molecule has 1 atom stereocenters. The van der Waals surface area contributed by atoms with Gasteiger partial charge in [0.25, 0.3) is 0 Å².